The molecule has 0 saturated heterocycles. The van der Waals surface area contributed by atoms with Crippen LogP contribution in [0, 0.1) is 33.6 Å². The third-order valence-corrected chi connectivity index (χ3v) is 8.77. The van der Waals surface area contributed by atoms with E-state index in [9.17, 15) is 9.59 Å². The van der Waals surface area contributed by atoms with Gasteiger partial charge in [-0.2, -0.15) is 0 Å². The summed E-state index contributed by atoms with van der Waals surface area (Å²) in [5.41, 5.74) is 5.88. The Balaban J connectivity index is 1.43. The number of pyridine rings is 1. The maximum atomic E-state index is 13.8. The number of aryl methyl sites for hydroxylation is 2. The van der Waals surface area contributed by atoms with Gasteiger partial charge in [0, 0.05) is 47.8 Å². The molecule has 1 aliphatic carbocycles. The monoisotopic (exact) mass is 493 g/mol. The zero-order valence-corrected chi connectivity index (χ0v) is 22.7. The zero-order chi connectivity index (χ0) is 25.9. The molecule has 2 aliphatic heterocycles. The molecule has 36 heavy (non-hydrogen) atoms. The second-order valence-electron chi connectivity index (χ2n) is 11.4. The third kappa shape index (κ3) is 4.01. The van der Waals surface area contributed by atoms with Gasteiger partial charge in [0.05, 0.1) is 6.54 Å². The van der Waals surface area contributed by atoms with Crippen LogP contribution < -0.4 is 15.0 Å². The molecule has 1 atom stereocenters. The molecule has 1 saturated carbocycles. The minimum atomic E-state index is -0.714. The quantitative estimate of drug-likeness (QED) is 0.683. The molecule has 1 fully saturated rings. The Kier molecular flexibility index (Phi) is 6.18. The Morgan fingerprint density at radius 1 is 1.03 bits per heavy atom. The van der Waals surface area contributed by atoms with Crippen molar-refractivity contribution in [3.05, 3.63) is 55.5 Å². The highest BCUT2D eigenvalue weighted by molar-refractivity contribution is 6.00. The van der Waals surface area contributed by atoms with Crippen molar-refractivity contribution in [3.63, 3.8) is 0 Å². The Hall–Kier alpha value is -2.80. The van der Waals surface area contributed by atoms with Gasteiger partial charge in [0.1, 0.15) is 0 Å². The van der Waals surface area contributed by atoms with E-state index < -0.39 is 5.79 Å². The predicted molar refractivity (Wildman–Crippen MR) is 140 cm³/mol. The number of H-pyrrole nitrogens is 1. The van der Waals surface area contributed by atoms with Gasteiger partial charge >= 0.3 is 0 Å². The number of ether oxygens (including phenoxy) is 2. The number of nitrogens with one attached hydrogen (secondary N) is 1. The molecule has 194 valence electrons. The molecule has 1 N–H and O–H groups in total. The predicted octanol–water partition coefficient (Wildman–Crippen LogP) is 4.41. The van der Waals surface area contributed by atoms with Crippen molar-refractivity contribution < 1.29 is 14.3 Å². The topological polar surface area (TPSA) is 74.9 Å². The number of amides is 1. The van der Waals surface area contributed by atoms with Gasteiger partial charge in [-0.3, -0.25) is 9.59 Å². The van der Waals surface area contributed by atoms with Crippen LogP contribution in [0.4, 0.5) is 0 Å². The molecule has 0 radical (unpaired) electrons. The van der Waals surface area contributed by atoms with Crippen LogP contribution in [0.15, 0.2) is 10.9 Å². The maximum absolute atomic E-state index is 13.8. The number of rotatable bonds is 4. The number of fused-ring (bicyclic) bond motifs is 2. The Labute approximate surface area is 213 Å². The number of aromatic amines is 1. The molecule has 1 aromatic heterocycles. The molecule has 1 aromatic carbocycles. The third-order valence-electron chi connectivity index (χ3n) is 8.77. The summed E-state index contributed by atoms with van der Waals surface area (Å²) in [4.78, 5) is 33.4. The van der Waals surface area contributed by atoms with Crippen molar-refractivity contribution in [2.75, 3.05) is 20.6 Å². The fourth-order valence-corrected chi connectivity index (χ4v) is 6.49. The molecular formula is C29H39N3O4. The SMILES string of the molecule is Cc1cc(C)c(CN2CCc3c(C)c4c(c(C)c3C2=O)OC(C)([C@H]2CC[C@H](N(C)C)CC2)O4)c(=O)[nH]1. The number of nitrogens with zero attached hydrogens (tertiary/aromatic N) is 2. The lowest BCUT2D eigenvalue weighted by Crippen LogP contribution is -2.46. The van der Waals surface area contributed by atoms with E-state index in [1.165, 1.54) is 0 Å². The summed E-state index contributed by atoms with van der Waals surface area (Å²) in [6.07, 6.45) is 5.12. The van der Waals surface area contributed by atoms with Gasteiger partial charge in [-0.25, -0.2) is 0 Å². The van der Waals surface area contributed by atoms with Crippen LogP contribution in [0.1, 0.15) is 76.5 Å². The van der Waals surface area contributed by atoms with Gasteiger partial charge in [-0.1, -0.05) is 0 Å². The number of carbonyl (C=O) groups excluding carboxylic acids is 1. The van der Waals surface area contributed by atoms with E-state index in [0.717, 1.165) is 65.8 Å². The van der Waals surface area contributed by atoms with Crippen LogP contribution in [0.5, 0.6) is 11.5 Å². The number of carbonyl (C=O) groups is 1. The smallest absolute Gasteiger partial charge is 0.254 e. The molecule has 3 heterocycles. The highest BCUT2D eigenvalue weighted by atomic mass is 16.7. The lowest BCUT2D eigenvalue weighted by Gasteiger charge is -2.39. The van der Waals surface area contributed by atoms with Gasteiger partial charge in [-0.05, 0) is 96.7 Å². The van der Waals surface area contributed by atoms with Crippen molar-refractivity contribution in [1.82, 2.24) is 14.8 Å². The zero-order valence-electron chi connectivity index (χ0n) is 22.7. The molecule has 1 amide bonds. The van der Waals surface area contributed by atoms with E-state index >= 15 is 0 Å². The summed E-state index contributed by atoms with van der Waals surface area (Å²) in [5, 5.41) is 0. The molecule has 2 aromatic rings. The Morgan fingerprint density at radius 2 is 1.67 bits per heavy atom. The largest absolute Gasteiger partial charge is 0.448 e. The average molecular weight is 494 g/mol. The van der Waals surface area contributed by atoms with E-state index in [4.69, 9.17) is 9.47 Å². The molecule has 0 bridgehead atoms. The maximum Gasteiger partial charge on any atom is 0.254 e. The van der Waals surface area contributed by atoms with Gasteiger partial charge in [0.25, 0.3) is 17.3 Å². The molecule has 0 spiro atoms. The summed E-state index contributed by atoms with van der Waals surface area (Å²) in [7, 11) is 4.30. The first-order valence-corrected chi connectivity index (χ1v) is 13.2. The van der Waals surface area contributed by atoms with Crippen molar-refractivity contribution >= 4 is 5.91 Å². The van der Waals surface area contributed by atoms with Crippen molar-refractivity contribution in [3.8, 4) is 11.5 Å². The highest BCUT2D eigenvalue weighted by Gasteiger charge is 2.48. The lowest BCUT2D eigenvalue weighted by molar-refractivity contribution is -0.123. The van der Waals surface area contributed by atoms with Gasteiger partial charge in [0.15, 0.2) is 11.5 Å². The van der Waals surface area contributed by atoms with Crippen LogP contribution in [-0.4, -0.2) is 53.2 Å². The van der Waals surface area contributed by atoms with E-state index in [2.05, 4.69) is 30.9 Å². The Morgan fingerprint density at radius 3 is 2.28 bits per heavy atom. The lowest BCUT2D eigenvalue weighted by atomic mass is 9.81. The first-order chi connectivity index (χ1) is 17.0. The van der Waals surface area contributed by atoms with Gasteiger partial charge in [-0.15, -0.1) is 0 Å². The van der Waals surface area contributed by atoms with Crippen LogP contribution in [0.3, 0.4) is 0 Å². The summed E-state index contributed by atoms with van der Waals surface area (Å²) in [6, 6.07) is 2.57. The second-order valence-corrected chi connectivity index (χ2v) is 11.4. The molecule has 7 nitrogen and oxygen atoms in total. The average Bonchev–Trinajstić information content (AvgIpc) is 3.20. The number of benzene rings is 1. The number of aromatic nitrogens is 1. The minimum absolute atomic E-state index is 0.0391. The van der Waals surface area contributed by atoms with Crippen molar-refractivity contribution in [2.24, 2.45) is 5.92 Å². The summed E-state index contributed by atoms with van der Waals surface area (Å²) in [5.74, 6) is 1.07. The standard InChI is InChI=1S/C29H39N3O4/c1-16-14-17(2)30-27(33)23(16)15-32-13-12-22-18(3)25-26(19(4)24(22)28(32)34)36-29(5,35-25)20-8-10-21(11-9-20)31(6)7/h14,20-21H,8-13,15H2,1-7H3,(H,30,33)/t20-,21-,29?. The van der Waals surface area contributed by atoms with Crippen LogP contribution in [0.2, 0.25) is 0 Å². The first kappa shape index (κ1) is 24.9. The molecule has 3 aliphatic rings. The number of hydrogen-bond donors (Lipinski definition) is 1. The van der Waals surface area contributed by atoms with Crippen LogP contribution >= 0.6 is 0 Å². The van der Waals surface area contributed by atoms with Crippen molar-refractivity contribution in [1.29, 1.82) is 0 Å². The summed E-state index contributed by atoms with van der Waals surface area (Å²) in [6.45, 7) is 10.8. The Bertz CT molecular complexity index is 1270. The van der Waals surface area contributed by atoms with Crippen LogP contribution in [-0.2, 0) is 13.0 Å². The second kappa shape index (κ2) is 8.94. The normalized spacial score (nSPS) is 25.4. The highest BCUT2D eigenvalue weighted by Crippen LogP contribution is 2.52. The molecule has 5 rings (SSSR count). The summed E-state index contributed by atoms with van der Waals surface area (Å²) >= 11 is 0. The fourth-order valence-electron chi connectivity index (χ4n) is 6.49. The molecular weight excluding hydrogens is 454 g/mol. The van der Waals surface area contributed by atoms with E-state index in [-0.39, 0.29) is 11.5 Å². The molecule has 7 heteroatoms. The molecule has 1 unspecified atom stereocenters. The van der Waals surface area contributed by atoms with Gasteiger partial charge < -0.3 is 24.3 Å². The van der Waals surface area contributed by atoms with E-state index in [1.54, 1.807) is 4.90 Å². The first-order valence-electron chi connectivity index (χ1n) is 13.2. The summed E-state index contributed by atoms with van der Waals surface area (Å²) < 4.78 is 13.2. The minimum Gasteiger partial charge on any atom is -0.448 e. The number of hydrogen-bond acceptors (Lipinski definition) is 5. The van der Waals surface area contributed by atoms with Crippen LogP contribution in [0.25, 0.3) is 0 Å². The van der Waals surface area contributed by atoms with E-state index in [0.29, 0.717) is 41.9 Å². The van der Waals surface area contributed by atoms with Crippen molar-refractivity contribution in [2.45, 2.75) is 85.1 Å². The van der Waals surface area contributed by atoms with E-state index in [1.807, 2.05) is 33.8 Å². The van der Waals surface area contributed by atoms with Gasteiger partial charge in [0.2, 0.25) is 0 Å². The fraction of sp³-hybridized carbons (Fsp3) is 0.586.